The molecule has 5 nitrogen and oxygen atoms in total. The molecule has 1 N–H and O–H groups in total. The number of carboxylic acid groups (broad SMARTS) is 1. The SMILES string of the molecule is CCN(c1ccc(S(C)(=O)=O)cc1)C(C)(C)C(=O)O. The van der Waals surface area contributed by atoms with E-state index in [-0.39, 0.29) is 4.90 Å². The molecule has 0 unspecified atom stereocenters. The van der Waals surface area contributed by atoms with Crippen LogP contribution in [0.1, 0.15) is 20.8 Å². The Hall–Kier alpha value is -1.56. The lowest BCUT2D eigenvalue weighted by molar-refractivity contribution is -0.142. The maximum Gasteiger partial charge on any atom is 0.328 e. The summed E-state index contributed by atoms with van der Waals surface area (Å²) < 4.78 is 22.8. The Morgan fingerprint density at radius 1 is 1.26 bits per heavy atom. The van der Waals surface area contributed by atoms with Crippen molar-refractivity contribution >= 4 is 21.5 Å². The van der Waals surface area contributed by atoms with Crippen LogP contribution in [0.5, 0.6) is 0 Å². The molecule has 0 amide bonds. The quantitative estimate of drug-likeness (QED) is 0.892. The molecule has 0 radical (unpaired) electrons. The number of hydrogen-bond donors (Lipinski definition) is 1. The van der Waals surface area contributed by atoms with Gasteiger partial charge in [0.2, 0.25) is 0 Å². The third-order valence-electron chi connectivity index (χ3n) is 3.09. The van der Waals surface area contributed by atoms with E-state index in [2.05, 4.69) is 0 Å². The Bertz CT molecular complexity index is 561. The first-order chi connectivity index (χ1) is 8.60. The fourth-order valence-electron chi connectivity index (χ4n) is 1.89. The van der Waals surface area contributed by atoms with E-state index >= 15 is 0 Å². The summed E-state index contributed by atoms with van der Waals surface area (Å²) in [7, 11) is -3.24. The van der Waals surface area contributed by atoms with Crippen LogP contribution < -0.4 is 4.90 Å². The molecular weight excluding hydrogens is 266 g/mol. The van der Waals surface area contributed by atoms with Crippen LogP contribution in [0.15, 0.2) is 29.2 Å². The molecule has 0 fully saturated rings. The largest absolute Gasteiger partial charge is 0.480 e. The van der Waals surface area contributed by atoms with Gasteiger partial charge in [0.1, 0.15) is 5.54 Å². The average molecular weight is 285 g/mol. The number of aliphatic carboxylic acids is 1. The minimum absolute atomic E-state index is 0.223. The van der Waals surface area contributed by atoms with Crippen molar-refractivity contribution in [3.63, 3.8) is 0 Å². The standard InChI is InChI=1S/C13H19NO4S/c1-5-14(13(2,3)12(15)16)10-6-8-11(9-7-10)19(4,17)18/h6-9H,5H2,1-4H3,(H,15,16). The molecule has 0 saturated heterocycles. The molecule has 1 aromatic carbocycles. The van der Waals surface area contributed by atoms with Crippen LogP contribution in [0.3, 0.4) is 0 Å². The van der Waals surface area contributed by atoms with Crippen LogP contribution in [0.2, 0.25) is 0 Å². The molecule has 0 atom stereocenters. The number of sulfone groups is 1. The van der Waals surface area contributed by atoms with E-state index in [4.69, 9.17) is 0 Å². The normalized spacial score (nSPS) is 12.2. The zero-order valence-corrected chi connectivity index (χ0v) is 12.4. The molecule has 0 heterocycles. The lowest BCUT2D eigenvalue weighted by atomic mass is 10.0. The molecule has 0 aliphatic rings. The van der Waals surface area contributed by atoms with Crippen LogP contribution in [0, 0.1) is 0 Å². The number of carboxylic acids is 1. The highest BCUT2D eigenvalue weighted by atomic mass is 32.2. The van der Waals surface area contributed by atoms with Crippen LogP contribution in [-0.4, -0.2) is 37.8 Å². The smallest absolute Gasteiger partial charge is 0.328 e. The number of likely N-dealkylation sites (N-methyl/N-ethyl adjacent to an activating group) is 1. The molecule has 0 spiro atoms. The Balaban J connectivity index is 3.18. The van der Waals surface area contributed by atoms with Crippen molar-refractivity contribution in [3.8, 4) is 0 Å². The second-order valence-electron chi connectivity index (χ2n) is 4.87. The van der Waals surface area contributed by atoms with Gasteiger partial charge in [-0.2, -0.15) is 0 Å². The van der Waals surface area contributed by atoms with Gasteiger partial charge in [0.25, 0.3) is 0 Å². The molecule has 0 aromatic heterocycles. The minimum Gasteiger partial charge on any atom is -0.480 e. The van der Waals surface area contributed by atoms with E-state index in [1.165, 1.54) is 12.1 Å². The highest BCUT2D eigenvalue weighted by Gasteiger charge is 2.33. The lowest BCUT2D eigenvalue weighted by Crippen LogP contribution is -2.50. The van der Waals surface area contributed by atoms with Crippen molar-refractivity contribution in [3.05, 3.63) is 24.3 Å². The molecule has 106 valence electrons. The molecule has 6 heteroatoms. The lowest BCUT2D eigenvalue weighted by Gasteiger charge is -2.36. The van der Waals surface area contributed by atoms with Crippen molar-refractivity contribution in [2.75, 3.05) is 17.7 Å². The summed E-state index contributed by atoms with van der Waals surface area (Å²) in [5, 5.41) is 9.25. The summed E-state index contributed by atoms with van der Waals surface area (Å²) in [5.41, 5.74) is -0.372. The maximum absolute atomic E-state index is 11.4. The molecule has 0 bridgehead atoms. The summed E-state index contributed by atoms with van der Waals surface area (Å²) in [6.07, 6.45) is 1.14. The average Bonchev–Trinajstić information content (AvgIpc) is 2.28. The predicted molar refractivity (Wildman–Crippen MR) is 74.3 cm³/mol. The predicted octanol–water partition coefficient (Wildman–Crippen LogP) is 1.78. The summed E-state index contributed by atoms with van der Waals surface area (Å²) in [6, 6.07) is 6.24. The first-order valence-corrected chi connectivity index (χ1v) is 7.81. The number of carbonyl (C=O) groups is 1. The third kappa shape index (κ3) is 3.26. The van der Waals surface area contributed by atoms with Crippen molar-refractivity contribution < 1.29 is 18.3 Å². The van der Waals surface area contributed by atoms with Crippen molar-refractivity contribution in [1.82, 2.24) is 0 Å². The van der Waals surface area contributed by atoms with Gasteiger partial charge in [-0.15, -0.1) is 0 Å². The number of anilines is 1. The second kappa shape index (κ2) is 5.21. The summed E-state index contributed by atoms with van der Waals surface area (Å²) in [6.45, 7) is 5.60. The monoisotopic (exact) mass is 285 g/mol. The van der Waals surface area contributed by atoms with Crippen LogP contribution in [0.4, 0.5) is 5.69 Å². The van der Waals surface area contributed by atoms with Crippen LogP contribution >= 0.6 is 0 Å². The second-order valence-corrected chi connectivity index (χ2v) is 6.89. The van der Waals surface area contributed by atoms with E-state index in [0.717, 1.165) is 6.26 Å². The van der Waals surface area contributed by atoms with Crippen molar-refractivity contribution in [2.45, 2.75) is 31.2 Å². The molecular formula is C13H19NO4S. The Labute approximate surface area is 113 Å². The first kappa shape index (κ1) is 15.5. The zero-order chi connectivity index (χ0) is 14.8. The Kier molecular flexibility index (Phi) is 4.25. The van der Waals surface area contributed by atoms with Gasteiger partial charge in [0.15, 0.2) is 9.84 Å². The number of hydrogen-bond acceptors (Lipinski definition) is 4. The van der Waals surface area contributed by atoms with Crippen molar-refractivity contribution in [2.24, 2.45) is 0 Å². The van der Waals surface area contributed by atoms with E-state index in [0.29, 0.717) is 12.2 Å². The van der Waals surface area contributed by atoms with Crippen LogP contribution in [0.25, 0.3) is 0 Å². The van der Waals surface area contributed by atoms with Gasteiger partial charge in [-0.3, -0.25) is 0 Å². The van der Waals surface area contributed by atoms with Gasteiger partial charge in [-0.25, -0.2) is 13.2 Å². The number of nitrogens with zero attached hydrogens (tertiary/aromatic N) is 1. The molecule has 19 heavy (non-hydrogen) atoms. The fraction of sp³-hybridized carbons (Fsp3) is 0.462. The van der Waals surface area contributed by atoms with Crippen LogP contribution in [-0.2, 0) is 14.6 Å². The van der Waals surface area contributed by atoms with E-state index in [9.17, 15) is 18.3 Å². The molecule has 0 aliphatic heterocycles. The van der Waals surface area contributed by atoms with Crippen molar-refractivity contribution in [1.29, 1.82) is 0 Å². The molecule has 0 aliphatic carbocycles. The zero-order valence-electron chi connectivity index (χ0n) is 11.5. The third-order valence-corrected chi connectivity index (χ3v) is 4.22. The molecule has 1 aromatic rings. The first-order valence-electron chi connectivity index (χ1n) is 5.92. The topological polar surface area (TPSA) is 74.7 Å². The van der Waals surface area contributed by atoms with Gasteiger partial charge < -0.3 is 10.0 Å². The summed E-state index contributed by atoms with van der Waals surface area (Å²) >= 11 is 0. The van der Waals surface area contributed by atoms with Gasteiger partial charge in [0.05, 0.1) is 4.90 Å². The van der Waals surface area contributed by atoms with E-state index in [1.54, 1.807) is 30.9 Å². The van der Waals surface area contributed by atoms with Gasteiger partial charge in [-0.05, 0) is 45.0 Å². The van der Waals surface area contributed by atoms with E-state index < -0.39 is 21.3 Å². The molecule has 1 rings (SSSR count). The highest BCUT2D eigenvalue weighted by molar-refractivity contribution is 7.90. The summed E-state index contributed by atoms with van der Waals surface area (Å²) in [5.74, 6) is -0.929. The maximum atomic E-state index is 11.4. The molecule has 0 saturated carbocycles. The van der Waals surface area contributed by atoms with E-state index in [1.807, 2.05) is 6.92 Å². The fourth-order valence-corrected chi connectivity index (χ4v) is 2.52. The van der Waals surface area contributed by atoms with Gasteiger partial charge >= 0.3 is 5.97 Å². The number of benzene rings is 1. The number of rotatable bonds is 5. The minimum atomic E-state index is -3.24. The highest BCUT2D eigenvalue weighted by Crippen LogP contribution is 2.25. The summed E-state index contributed by atoms with van der Waals surface area (Å²) in [4.78, 5) is 13.2. The van der Waals surface area contributed by atoms with Gasteiger partial charge in [0, 0.05) is 18.5 Å². The van der Waals surface area contributed by atoms with Gasteiger partial charge in [-0.1, -0.05) is 0 Å². The Morgan fingerprint density at radius 3 is 2.05 bits per heavy atom. The Morgan fingerprint density at radius 2 is 1.74 bits per heavy atom.